The van der Waals surface area contributed by atoms with Crippen molar-refractivity contribution in [2.75, 3.05) is 23.7 Å². The number of rotatable bonds is 8. The molecule has 0 amide bonds. The summed E-state index contributed by atoms with van der Waals surface area (Å²) in [5.41, 5.74) is 12.7. The van der Waals surface area contributed by atoms with Crippen LogP contribution in [-0.2, 0) is 13.6 Å². The number of nitrogens with one attached hydrogen (secondary N) is 4. The Morgan fingerprint density at radius 2 is 1.91 bits per heavy atom. The number of fused-ring (bicyclic) bond motifs is 1. The molecule has 0 unspecified atom stereocenters. The standard InChI is InChI=1S/C33H39ClN10/c1-33(2,3)43-14-11-25(12-15-43)44-21-29(40-41-44)31(22-8-6-5-7-9-22)39-24-16-27-30(37-20-26-10-13-38-42(26)4)23(18-35)19-36-32(27)28(34)17-24/h5-10,13,16-17,19,21,25,31,39-41H,11-12,14-15,20H2,1-4H3,(H,36,37)/t31-/m0/s1. The third kappa shape index (κ3) is 6.17. The van der Waals surface area contributed by atoms with Crippen LogP contribution >= 0.6 is 11.6 Å². The van der Waals surface area contributed by atoms with Crippen LogP contribution in [0.15, 0.2) is 72.8 Å². The number of benzene rings is 2. The van der Waals surface area contributed by atoms with E-state index in [4.69, 9.17) is 11.6 Å². The summed E-state index contributed by atoms with van der Waals surface area (Å²) in [4.78, 5) is 7.09. The fraction of sp³-hybridized carbons (Fsp3) is 0.364. The molecule has 1 saturated heterocycles. The molecule has 4 heterocycles. The van der Waals surface area contributed by atoms with Crippen LogP contribution in [0.4, 0.5) is 11.4 Å². The summed E-state index contributed by atoms with van der Waals surface area (Å²) in [6.45, 7) is 9.49. The highest BCUT2D eigenvalue weighted by atomic mass is 35.5. The van der Waals surface area contributed by atoms with E-state index in [1.165, 1.54) is 0 Å². The first-order chi connectivity index (χ1) is 21.2. The number of nitriles is 1. The number of halogens is 1. The van der Waals surface area contributed by atoms with Crippen molar-refractivity contribution in [3.05, 3.63) is 94.7 Å². The van der Waals surface area contributed by atoms with Crippen LogP contribution in [0.5, 0.6) is 0 Å². The minimum atomic E-state index is -0.185. The van der Waals surface area contributed by atoms with Gasteiger partial charge in [-0.3, -0.25) is 19.6 Å². The van der Waals surface area contributed by atoms with Gasteiger partial charge in [0.25, 0.3) is 0 Å². The minimum Gasteiger partial charge on any atom is -0.378 e. The van der Waals surface area contributed by atoms with Crippen molar-refractivity contribution in [3.8, 4) is 6.07 Å². The van der Waals surface area contributed by atoms with E-state index in [1.807, 2.05) is 43.4 Å². The fourth-order valence-electron chi connectivity index (χ4n) is 6.03. The van der Waals surface area contributed by atoms with Gasteiger partial charge in [-0.05, 0) is 57.4 Å². The van der Waals surface area contributed by atoms with Crippen molar-refractivity contribution in [1.82, 2.24) is 35.6 Å². The van der Waals surface area contributed by atoms with E-state index in [2.05, 4.69) is 86.8 Å². The summed E-state index contributed by atoms with van der Waals surface area (Å²) >= 11 is 6.83. The molecular formula is C33H39ClN10. The van der Waals surface area contributed by atoms with Crippen LogP contribution in [0.1, 0.15) is 56.5 Å². The summed E-state index contributed by atoms with van der Waals surface area (Å²) < 4.78 is 1.81. The molecule has 0 saturated carbocycles. The number of aromatic nitrogens is 3. The zero-order valence-electron chi connectivity index (χ0n) is 25.6. The third-order valence-corrected chi connectivity index (χ3v) is 8.87. The van der Waals surface area contributed by atoms with E-state index < -0.39 is 0 Å². The number of hydrazine groups is 2. The quantitative estimate of drug-likeness (QED) is 0.200. The van der Waals surface area contributed by atoms with E-state index in [1.54, 1.807) is 17.1 Å². The van der Waals surface area contributed by atoms with Crippen LogP contribution < -0.4 is 21.6 Å². The average Bonchev–Trinajstić information content (AvgIpc) is 3.68. The summed E-state index contributed by atoms with van der Waals surface area (Å²) in [5, 5.41) is 24.8. The second-order valence-electron chi connectivity index (χ2n) is 12.4. The lowest BCUT2D eigenvalue weighted by molar-refractivity contribution is 0.0570. The Kier molecular flexibility index (Phi) is 8.36. The first kappa shape index (κ1) is 29.8. The minimum absolute atomic E-state index is 0.184. The van der Waals surface area contributed by atoms with Crippen molar-refractivity contribution in [3.63, 3.8) is 0 Å². The molecule has 10 nitrogen and oxygen atoms in total. The number of hydrogen-bond acceptors (Lipinski definition) is 9. The molecule has 0 spiro atoms. The van der Waals surface area contributed by atoms with Gasteiger partial charge in [0.2, 0.25) is 0 Å². The van der Waals surface area contributed by atoms with Gasteiger partial charge in [0, 0.05) is 61.4 Å². The van der Waals surface area contributed by atoms with Gasteiger partial charge in [-0.1, -0.05) is 41.9 Å². The Morgan fingerprint density at radius 1 is 1.14 bits per heavy atom. The number of pyridine rings is 1. The third-order valence-electron chi connectivity index (χ3n) is 8.58. The summed E-state index contributed by atoms with van der Waals surface area (Å²) in [6.07, 6.45) is 7.68. The lowest BCUT2D eigenvalue weighted by Gasteiger charge is -2.42. The molecule has 1 atom stereocenters. The van der Waals surface area contributed by atoms with Crippen molar-refractivity contribution in [2.24, 2.45) is 7.05 Å². The predicted octanol–water partition coefficient (Wildman–Crippen LogP) is 5.69. The van der Waals surface area contributed by atoms with Gasteiger partial charge >= 0.3 is 0 Å². The first-order valence-corrected chi connectivity index (χ1v) is 15.4. The highest BCUT2D eigenvalue weighted by Gasteiger charge is 2.32. The zero-order valence-corrected chi connectivity index (χ0v) is 26.4. The Bertz CT molecular complexity index is 1690. The zero-order chi connectivity index (χ0) is 30.8. The van der Waals surface area contributed by atoms with Crippen molar-refractivity contribution in [1.29, 1.82) is 5.26 Å². The lowest BCUT2D eigenvalue weighted by Crippen LogP contribution is -2.52. The van der Waals surface area contributed by atoms with E-state index in [9.17, 15) is 5.26 Å². The molecule has 2 aromatic heterocycles. The molecule has 0 bridgehead atoms. The van der Waals surface area contributed by atoms with Gasteiger partial charge in [0.15, 0.2) is 0 Å². The van der Waals surface area contributed by atoms with E-state index in [0.717, 1.165) is 54.0 Å². The van der Waals surface area contributed by atoms with E-state index >= 15 is 0 Å². The smallest absolute Gasteiger partial charge is 0.103 e. The van der Waals surface area contributed by atoms with Crippen LogP contribution in [0.25, 0.3) is 10.9 Å². The molecule has 6 rings (SSSR count). The number of anilines is 2. The molecule has 228 valence electrons. The van der Waals surface area contributed by atoms with Crippen molar-refractivity contribution in [2.45, 2.75) is 57.8 Å². The van der Waals surface area contributed by atoms with Gasteiger partial charge in [0.05, 0.1) is 45.8 Å². The highest BCUT2D eigenvalue weighted by Crippen LogP contribution is 2.36. The van der Waals surface area contributed by atoms with Gasteiger partial charge in [-0.2, -0.15) is 10.4 Å². The molecule has 4 N–H and O–H groups in total. The number of aryl methyl sites for hydroxylation is 1. The molecule has 2 aliphatic heterocycles. The largest absolute Gasteiger partial charge is 0.378 e. The predicted molar refractivity (Wildman–Crippen MR) is 175 cm³/mol. The molecule has 11 heteroatoms. The topological polar surface area (TPSA) is 109 Å². The maximum absolute atomic E-state index is 9.93. The van der Waals surface area contributed by atoms with Crippen molar-refractivity contribution >= 4 is 33.9 Å². The van der Waals surface area contributed by atoms with Gasteiger partial charge in [-0.25, -0.2) is 0 Å². The average molecular weight is 611 g/mol. The lowest BCUT2D eigenvalue weighted by atomic mass is 9.98. The Labute approximate surface area is 263 Å². The van der Waals surface area contributed by atoms with E-state index in [0.29, 0.717) is 34.4 Å². The molecule has 44 heavy (non-hydrogen) atoms. The molecule has 2 aromatic carbocycles. The van der Waals surface area contributed by atoms with E-state index in [-0.39, 0.29) is 11.6 Å². The fourth-order valence-corrected chi connectivity index (χ4v) is 6.29. The van der Waals surface area contributed by atoms with Gasteiger partial charge in [0.1, 0.15) is 6.07 Å². The Morgan fingerprint density at radius 3 is 2.59 bits per heavy atom. The van der Waals surface area contributed by atoms with Crippen LogP contribution in [0.2, 0.25) is 5.02 Å². The number of likely N-dealkylation sites (tertiary alicyclic amines) is 1. The maximum Gasteiger partial charge on any atom is 0.103 e. The Hall–Kier alpha value is -4.30. The first-order valence-electron chi connectivity index (χ1n) is 15.0. The molecule has 4 aromatic rings. The van der Waals surface area contributed by atoms with Crippen molar-refractivity contribution < 1.29 is 0 Å². The normalized spacial score (nSPS) is 16.8. The summed E-state index contributed by atoms with van der Waals surface area (Å²) in [6, 6.07) is 18.7. The second-order valence-corrected chi connectivity index (χ2v) is 12.8. The molecule has 2 aliphatic rings. The summed E-state index contributed by atoms with van der Waals surface area (Å²) in [7, 11) is 1.89. The number of nitrogens with zero attached hydrogens (tertiary/aromatic N) is 6. The second kappa shape index (κ2) is 12.4. The highest BCUT2D eigenvalue weighted by molar-refractivity contribution is 6.35. The molecule has 0 aliphatic carbocycles. The summed E-state index contributed by atoms with van der Waals surface area (Å²) in [5.74, 6) is 0. The van der Waals surface area contributed by atoms with Crippen LogP contribution in [0, 0.1) is 11.3 Å². The Balaban J connectivity index is 1.30. The monoisotopic (exact) mass is 610 g/mol. The molecule has 0 radical (unpaired) electrons. The molecular weight excluding hydrogens is 572 g/mol. The number of piperidine rings is 1. The maximum atomic E-state index is 9.93. The number of hydrogen-bond donors (Lipinski definition) is 4. The molecule has 1 fully saturated rings. The van der Waals surface area contributed by atoms with Crippen LogP contribution in [0.3, 0.4) is 0 Å². The van der Waals surface area contributed by atoms with Crippen LogP contribution in [-0.4, -0.2) is 49.3 Å². The van der Waals surface area contributed by atoms with Gasteiger partial charge < -0.3 is 16.1 Å². The SMILES string of the molecule is Cn1nccc1CNc1c(C#N)cnc2c(Cl)cc(N[C@H](C3=CN(C4CCN(C(C)(C)C)CC4)NN3)c3ccccc3)cc12. The van der Waals surface area contributed by atoms with Gasteiger partial charge in [-0.15, -0.1) is 5.53 Å².